The minimum Gasteiger partial charge on any atom is -0.258 e. The number of hydrogen-bond donors (Lipinski definition) is 0. The van der Waals surface area contributed by atoms with E-state index in [0.717, 1.165) is 23.4 Å². The number of nitro groups is 1. The molecule has 5 heteroatoms. The normalized spacial score (nSPS) is 11.7. The number of nitrogens with zero attached hydrogens (tertiary/aromatic N) is 3. The fourth-order valence-corrected chi connectivity index (χ4v) is 1.54. The third-order valence-corrected chi connectivity index (χ3v) is 2.41. The van der Waals surface area contributed by atoms with Gasteiger partial charge in [-0.05, 0) is 45.1 Å². The molecule has 1 heterocycles. The van der Waals surface area contributed by atoms with Crippen molar-refractivity contribution in [2.24, 2.45) is 0 Å². The fourth-order valence-electron chi connectivity index (χ4n) is 1.54. The van der Waals surface area contributed by atoms with Gasteiger partial charge in [-0.1, -0.05) is 18.6 Å². The van der Waals surface area contributed by atoms with Crippen molar-refractivity contribution >= 4 is 11.8 Å². The largest absolute Gasteiger partial charge is 0.262 e. The molecule has 0 saturated carbocycles. The number of hydrogen-bond acceptors (Lipinski definition) is 3. The van der Waals surface area contributed by atoms with E-state index in [0.29, 0.717) is 0 Å². The fraction of sp³-hybridized carbons (Fsp3) is 0.267. The van der Waals surface area contributed by atoms with Crippen LogP contribution >= 0.6 is 0 Å². The minimum absolute atomic E-state index is 0.149. The summed E-state index contributed by atoms with van der Waals surface area (Å²) < 4.78 is 1.70. The van der Waals surface area contributed by atoms with Gasteiger partial charge in [0.2, 0.25) is 0 Å². The van der Waals surface area contributed by atoms with E-state index in [1.807, 2.05) is 45.2 Å². The summed E-state index contributed by atoms with van der Waals surface area (Å²) in [5, 5.41) is 15.0. The lowest BCUT2D eigenvalue weighted by Crippen LogP contribution is -1.97. The molecule has 0 aliphatic heterocycles. The zero-order chi connectivity index (χ0) is 15.1. The average Bonchev–Trinajstić information content (AvgIpc) is 2.81. The summed E-state index contributed by atoms with van der Waals surface area (Å²) in [6.07, 6.45) is 9.58. The Balaban J connectivity index is 3.01. The Morgan fingerprint density at radius 3 is 2.75 bits per heavy atom. The molecule has 0 aliphatic rings. The van der Waals surface area contributed by atoms with Crippen LogP contribution in [0.3, 0.4) is 0 Å². The second kappa shape index (κ2) is 7.23. The summed E-state index contributed by atoms with van der Waals surface area (Å²) in [5.74, 6) is 0. The van der Waals surface area contributed by atoms with Gasteiger partial charge < -0.3 is 0 Å². The second-order valence-corrected chi connectivity index (χ2v) is 4.53. The van der Waals surface area contributed by atoms with Crippen LogP contribution in [0, 0.1) is 10.1 Å². The Bertz CT molecular complexity index is 588. The summed E-state index contributed by atoms with van der Waals surface area (Å²) in [5.41, 5.74) is 2.65. The third kappa shape index (κ3) is 4.68. The predicted molar refractivity (Wildman–Crippen MR) is 81.4 cm³/mol. The molecule has 0 aromatic carbocycles. The maximum Gasteiger partial charge on any atom is 0.262 e. The number of allylic oxidation sites excluding steroid dienone is 5. The smallest absolute Gasteiger partial charge is 0.258 e. The van der Waals surface area contributed by atoms with E-state index in [9.17, 15) is 10.1 Å². The first-order valence-electron chi connectivity index (χ1n) is 6.36. The van der Waals surface area contributed by atoms with Crippen LogP contribution < -0.4 is 0 Å². The Labute approximate surface area is 118 Å². The molecule has 0 radical (unpaired) electrons. The van der Waals surface area contributed by atoms with Gasteiger partial charge in [-0.3, -0.25) is 10.1 Å². The molecule has 0 bridgehead atoms. The first-order valence-corrected chi connectivity index (χ1v) is 6.36. The van der Waals surface area contributed by atoms with E-state index >= 15 is 0 Å². The zero-order valence-electron chi connectivity index (χ0n) is 12.0. The van der Waals surface area contributed by atoms with Crippen molar-refractivity contribution in [2.75, 3.05) is 0 Å². The number of aromatic nitrogens is 2. The van der Waals surface area contributed by atoms with Crippen LogP contribution in [-0.2, 0) is 0 Å². The van der Waals surface area contributed by atoms with Gasteiger partial charge >= 0.3 is 0 Å². The van der Waals surface area contributed by atoms with Crippen molar-refractivity contribution in [3.05, 3.63) is 64.1 Å². The summed E-state index contributed by atoms with van der Waals surface area (Å²) in [4.78, 5) is 10.0. The zero-order valence-corrected chi connectivity index (χ0v) is 12.0. The lowest BCUT2D eigenvalue weighted by Gasteiger charge is -2.01. The van der Waals surface area contributed by atoms with Crippen molar-refractivity contribution in [1.29, 1.82) is 0 Å². The third-order valence-electron chi connectivity index (χ3n) is 2.41. The molecule has 20 heavy (non-hydrogen) atoms. The summed E-state index contributed by atoms with van der Waals surface area (Å²) in [7, 11) is 0. The molecule has 0 unspecified atom stereocenters. The van der Waals surface area contributed by atoms with Crippen LogP contribution in [0.2, 0.25) is 0 Å². The standard InChI is InChI=1S/C15H19N3O2/c1-5-6-15(8-7-13(4)18(19)20)17-10-9-14(16-17)11-12(2)3/h6-11H,4-5H2,1-3H3/b8-7-,15-6+. The van der Waals surface area contributed by atoms with Gasteiger partial charge in [-0.15, -0.1) is 0 Å². The van der Waals surface area contributed by atoms with Crippen LogP contribution in [0.25, 0.3) is 11.8 Å². The quantitative estimate of drug-likeness (QED) is 0.448. The second-order valence-electron chi connectivity index (χ2n) is 4.53. The molecule has 0 N–H and O–H groups in total. The molecule has 0 amide bonds. The molecule has 0 aliphatic carbocycles. The van der Waals surface area contributed by atoms with Crippen LogP contribution in [0.15, 0.2) is 48.3 Å². The van der Waals surface area contributed by atoms with E-state index in [1.165, 1.54) is 6.08 Å². The molecular formula is C15H19N3O2. The lowest BCUT2D eigenvalue weighted by atomic mass is 10.3. The molecular weight excluding hydrogens is 254 g/mol. The van der Waals surface area contributed by atoms with Crippen molar-refractivity contribution in [3.63, 3.8) is 0 Å². The van der Waals surface area contributed by atoms with Crippen molar-refractivity contribution in [3.8, 4) is 0 Å². The van der Waals surface area contributed by atoms with E-state index in [-0.39, 0.29) is 5.70 Å². The number of rotatable bonds is 6. The van der Waals surface area contributed by atoms with Gasteiger partial charge in [0.05, 0.1) is 16.3 Å². The van der Waals surface area contributed by atoms with Crippen LogP contribution in [0.5, 0.6) is 0 Å². The SMILES string of the molecule is C=C(/C=C\C(=C/CC)n1ccc(C=C(C)C)n1)[N+](=O)[O-]. The molecule has 1 aromatic heterocycles. The van der Waals surface area contributed by atoms with Crippen LogP contribution in [0.1, 0.15) is 32.9 Å². The first kappa shape index (κ1) is 15.6. The van der Waals surface area contributed by atoms with Gasteiger partial charge in [0.1, 0.15) is 0 Å². The molecule has 0 spiro atoms. The highest BCUT2D eigenvalue weighted by atomic mass is 16.6. The lowest BCUT2D eigenvalue weighted by molar-refractivity contribution is -0.418. The van der Waals surface area contributed by atoms with Crippen molar-refractivity contribution < 1.29 is 4.92 Å². The highest BCUT2D eigenvalue weighted by Crippen LogP contribution is 2.11. The minimum atomic E-state index is -0.516. The monoisotopic (exact) mass is 273 g/mol. The maximum atomic E-state index is 10.5. The van der Waals surface area contributed by atoms with E-state index < -0.39 is 4.92 Å². The van der Waals surface area contributed by atoms with Gasteiger partial charge in [-0.2, -0.15) is 5.10 Å². The summed E-state index contributed by atoms with van der Waals surface area (Å²) >= 11 is 0. The highest BCUT2D eigenvalue weighted by molar-refractivity contribution is 5.58. The van der Waals surface area contributed by atoms with Gasteiger partial charge in [0.15, 0.2) is 0 Å². The van der Waals surface area contributed by atoms with E-state index in [2.05, 4.69) is 11.7 Å². The predicted octanol–water partition coefficient (Wildman–Crippen LogP) is 3.90. The summed E-state index contributed by atoms with van der Waals surface area (Å²) in [6.45, 7) is 9.37. The highest BCUT2D eigenvalue weighted by Gasteiger charge is 2.03. The van der Waals surface area contributed by atoms with Crippen molar-refractivity contribution in [1.82, 2.24) is 9.78 Å². The Kier molecular flexibility index (Phi) is 5.65. The molecule has 1 rings (SSSR count). The molecule has 1 aromatic rings. The van der Waals surface area contributed by atoms with E-state index in [4.69, 9.17) is 0 Å². The first-order chi connectivity index (χ1) is 9.43. The van der Waals surface area contributed by atoms with Gasteiger partial charge in [0.25, 0.3) is 5.70 Å². The van der Waals surface area contributed by atoms with Crippen LogP contribution in [0.4, 0.5) is 0 Å². The Morgan fingerprint density at radius 1 is 1.50 bits per heavy atom. The molecule has 0 fully saturated rings. The van der Waals surface area contributed by atoms with Gasteiger partial charge in [0, 0.05) is 12.3 Å². The molecule has 0 atom stereocenters. The molecule has 5 nitrogen and oxygen atoms in total. The Hall–Kier alpha value is -2.43. The van der Waals surface area contributed by atoms with Crippen LogP contribution in [-0.4, -0.2) is 14.7 Å². The Morgan fingerprint density at radius 2 is 2.20 bits per heavy atom. The molecule has 106 valence electrons. The van der Waals surface area contributed by atoms with Crippen molar-refractivity contribution in [2.45, 2.75) is 27.2 Å². The van der Waals surface area contributed by atoms with E-state index in [1.54, 1.807) is 10.8 Å². The average molecular weight is 273 g/mol. The summed E-state index contributed by atoms with van der Waals surface area (Å²) in [6, 6.07) is 1.90. The molecule has 0 saturated heterocycles. The van der Waals surface area contributed by atoms with Gasteiger partial charge in [-0.25, -0.2) is 4.68 Å². The topological polar surface area (TPSA) is 61.0 Å². The maximum absolute atomic E-state index is 10.5.